The molecule has 0 saturated carbocycles. The SMILES string of the molecule is Cc1cc(F)c(-c2cc(F)c(CCC(F)(F)F)c(F)c2)c(F)c1. The van der Waals surface area contributed by atoms with Crippen molar-refractivity contribution in [1.29, 1.82) is 0 Å². The smallest absolute Gasteiger partial charge is 0.207 e. The highest BCUT2D eigenvalue weighted by atomic mass is 19.4. The summed E-state index contributed by atoms with van der Waals surface area (Å²) in [6.07, 6.45) is -6.85. The second kappa shape index (κ2) is 6.22. The van der Waals surface area contributed by atoms with Crippen LogP contribution >= 0.6 is 0 Å². The summed E-state index contributed by atoms with van der Waals surface area (Å²) in [6.45, 7) is 1.44. The van der Waals surface area contributed by atoms with Gasteiger partial charge in [0.15, 0.2) is 0 Å². The van der Waals surface area contributed by atoms with Crippen LogP contribution in [0.5, 0.6) is 0 Å². The summed E-state index contributed by atoms with van der Waals surface area (Å²) in [7, 11) is 0. The van der Waals surface area contributed by atoms with Gasteiger partial charge in [0, 0.05) is 12.0 Å². The van der Waals surface area contributed by atoms with Gasteiger partial charge in [-0.25, -0.2) is 17.6 Å². The van der Waals surface area contributed by atoms with Crippen LogP contribution < -0.4 is 0 Å². The van der Waals surface area contributed by atoms with E-state index in [0.29, 0.717) is 12.1 Å². The van der Waals surface area contributed by atoms with Crippen LogP contribution in [0.2, 0.25) is 0 Å². The Morgan fingerprint density at radius 1 is 0.783 bits per heavy atom. The summed E-state index contributed by atoms with van der Waals surface area (Å²) >= 11 is 0. The third kappa shape index (κ3) is 4.03. The number of halogens is 7. The van der Waals surface area contributed by atoms with E-state index in [9.17, 15) is 30.7 Å². The quantitative estimate of drug-likeness (QED) is 0.630. The predicted octanol–water partition coefficient (Wildman–Crippen LogP) is 5.71. The molecule has 0 nitrogen and oxygen atoms in total. The van der Waals surface area contributed by atoms with E-state index in [-0.39, 0.29) is 5.56 Å². The Kier molecular flexibility index (Phi) is 4.68. The molecule has 0 fully saturated rings. The van der Waals surface area contributed by atoms with Crippen molar-refractivity contribution in [2.24, 2.45) is 0 Å². The molecule has 0 amide bonds. The van der Waals surface area contributed by atoms with Crippen LogP contribution in [-0.4, -0.2) is 6.18 Å². The van der Waals surface area contributed by atoms with Crippen LogP contribution in [0.25, 0.3) is 11.1 Å². The topological polar surface area (TPSA) is 0 Å². The number of rotatable bonds is 3. The van der Waals surface area contributed by atoms with Crippen molar-refractivity contribution in [2.45, 2.75) is 25.9 Å². The highest BCUT2D eigenvalue weighted by Gasteiger charge is 2.28. The molecule has 0 atom stereocenters. The lowest BCUT2D eigenvalue weighted by Crippen LogP contribution is -2.10. The standard InChI is InChI=1S/C16H11F7/c1-8-4-13(19)15(14(20)5-8)9-6-11(17)10(12(18)7-9)2-3-16(21,22)23/h4-7H,2-3H2,1H3. The fourth-order valence-electron chi connectivity index (χ4n) is 2.23. The fraction of sp³-hybridized carbons (Fsp3) is 0.250. The van der Waals surface area contributed by atoms with Gasteiger partial charge in [0.2, 0.25) is 0 Å². The Labute approximate surface area is 127 Å². The van der Waals surface area contributed by atoms with E-state index in [4.69, 9.17) is 0 Å². The highest BCUT2D eigenvalue weighted by Crippen LogP contribution is 2.31. The van der Waals surface area contributed by atoms with Crippen LogP contribution in [0.3, 0.4) is 0 Å². The van der Waals surface area contributed by atoms with Gasteiger partial charge in [-0.1, -0.05) is 0 Å². The number of hydrogen-bond donors (Lipinski definition) is 0. The number of benzene rings is 2. The summed E-state index contributed by atoms with van der Waals surface area (Å²) in [5.74, 6) is -4.57. The van der Waals surface area contributed by atoms with Gasteiger partial charge in [0.1, 0.15) is 23.3 Å². The van der Waals surface area contributed by atoms with Gasteiger partial charge in [-0.15, -0.1) is 0 Å². The maximum Gasteiger partial charge on any atom is 0.389 e. The molecule has 0 N–H and O–H groups in total. The van der Waals surface area contributed by atoms with Gasteiger partial charge in [0.05, 0.1) is 5.56 Å². The van der Waals surface area contributed by atoms with Crippen LogP contribution in [0.4, 0.5) is 30.7 Å². The Hall–Kier alpha value is -2.05. The number of aryl methyl sites for hydroxylation is 1. The van der Waals surface area contributed by atoms with Crippen LogP contribution in [0.1, 0.15) is 17.5 Å². The normalized spacial score (nSPS) is 11.8. The molecule has 0 aliphatic heterocycles. The molecule has 0 unspecified atom stereocenters. The molecule has 0 bridgehead atoms. The van der Waals surface area contributed by atoms with Crippen LogP contribution in [-0.2, 0) is 6.42 Å². The second-order valence-corrected chi connectivity index (χ2v) is 5.14. The minimum Gasteiger partial charge on any atom is -0.207 e. The molecule has 2 aromatic carbocycles. The first-order valence-corrected chi connectivity index (χ1v) is 6.59. The first-order chi connectivity index (χ1) is 10.6. The molecule has 2 rings (SSSR count). The molecule has 0 aromatic heterocycles. The van der Waals surface area contributed by atoms with Crippen molar-refractivity contribution < 1.29 is 30.7 Å². The lowest BCUT2D eigenvalue weighted by Gasteiger charge is -2.11. The Bertz CT molecular complexity index is 686. The van der Waals surface area contributed by atoms with Crippen molar-refractivity contribution >= 4 is 0 Å². The second-order valence-electron chi connectivity index (χ2n) is 5.14. The maximum atomic E-state index is 13.9. The van der Waals surface area contributed by atoms with E-state index in [0.717, 1.165) is 12.1 Å². The third-order valence-corrected chi connectivity index (χ3v) is 3.27. The van der Waals surface area contributed by atoms with E-state index in [1.54, 1.807) is 0 Å². The third-order valence-electron chi connectivity index (χ3n) is 3.27. The van der Waals surface area contributed by atoms with E-state index in [1.807, 2.05) is 0 Å². The molecular formula is C16H11F7. The van der Waals surface area contributed by atoms with Crippen LogP contribution in [0, 0.1) is 30.2 Å². The summed E-state index contributed by atoms with van der Waals surface area (Å²) in [6, 6.07) is 3.24. The molecule has 0 aliphatic rings. The minimum atomic E-state index is -4.56. The van der Waals surface area contributed by atoms with Crippen molar-refractivity contribution in [1.82, 2.24) is 0 Å². The van der Waals surface area contributed by atoms with E-state index in [1.165, 1.54) is 6.92 Å². The summed E-state index contributed by atoms with van der Waals surface area (Å²) in [4.78, 5) is 0. The van der Waals surface area contributed by atoms with E-state index < -0.39 is 59.0 Å². The van der Waals surface area contributed by atoms with Gasteiger partial charge >= 0.3 is 6.18 Å². The van der Waals surface area contributed by atoms with Crippen molar-refractivity contribution in [2.75, 3.05) is 0 Å². The lowest BCUT2D eigenvalue weighted by atomic mass is 9.99. The van der Waals surface area contributed by atoms with Crippen LogP contribution in [0.15, 0.2) is 24.3 Å². The minimum absolute atomic E-state index is 0.284. The average Bonchev–Trinajstić information content (AvgIpc) is 2.34. The largest absolute Gasteiger partial charge is 0.389 e. The molecule has 23 heavy (non-hydrogen) atoms. The fourth-order valence-corrected chi connectivity index (χ4v) is 2.23. The molecule has 2 aromatic rings. The molecule has 0 heterocycles. The average molecular weight is 336 g/mol. The van der Waals surface area contributed by atoms with Crippen molar-refractivity contribution in [3.63, 3.8) is 0 Å². The molecule has 124 valence electrons. The Morgan fingerprint density at radius 3 is 1.70 bits per heavy atom. The van der Waals surface area contributed by atoms with E-state index in [2.05, 4.69) is 0 Å². The molecule has 0 radical (unpaired) electrons. The maximum absolute atomic E-state index is 13.9. The first-order valence-electron chi connectivity index (χ1n) is 6.59. The number of hydrogen-bond acceptors (Lipinski definition) is 0. The van der Waals surface area contributed by atoms with Gasteiger partial charge < -0.3 is 0 Å². The van der Waals surface area contributed by atoms with Gasteiger partial charge in [0.25, 0.3) is 0 Å². The number of alkyl halides is 3. The zero-order chi connectivity index (χ0) is 17.4. The monoisotopic (exact) mass is 336 g/mol. The molecule has 7 heteroatoms. The lowest BCUT2D eigenvalue weighted by molar-refractivity contribution is -0.134. The first kappa shape index (κ1) is 17.3. The molecular weight excluding hydrogens is 325 g/mol. The van der Waals surface area contributed by atoms with Crippen molar-refractivity contribution in [3.05, 3.63) is 58.7 Å². The summed E-state index contributed by atoms with van der Waals surface area (Å²) < 4.78 is 91.8. The molecule has 0 spiro atoms. The highest BCUT2D eigenvalue weighted by molar-refractivity contribution is 5.66. The summed E-state index contributed by atoms with van der Waals surface area (Å²) in [5.41, 5.74) is -1.52. The molecule has 0 saturated heterocycles. The zero-order valence-corrected chi connectivity index (χ0v) is 11.9. The predicted molar refractivity (Wildman–Crippen MR) is 70.8 cm³/mol. The van der Waals surface area contributed by atoms with Gasteiger partial charge in [-0.3, -0.25) is 0 Å². The zero-order valence-electron chi connectivity index (χ0n) is 11.9. The van der Waals surface area contributed by atoms with Gasteiger partial charge in [-0.2, -0.15) is 13.2 Å². The Morgan fingerprint density at radius 2 is 1.26 bits per heavy atom. The summed E-state index contributed by atoms with van der Waals surface area (Å²) in [5, 5.41) is 0. The van der Waals surface area contributed by atoms with E-state index >= 15 is 0 Å². The Balaban J connectivity index is 2.45. The molecule has 0 aliphatic carbocycles. The van der Waals surface area contributed by atoms with Gasteiger partial charge in [-0.05, 0) is 48.7 Å². The van der Waals surface area contributed by atoms with Crippen molar-refractivity contribution in [3.8, 4) is 11.1 Å².